The smallest absolute Gasteiger partial charge is 0.276 e. The SMILES string of the molecule is CC1CN(C(=O)c2nccnc2N)CCO1. The van der Waals surface area contributed by atoms with Gasteiger partial charge in [-0.1, -0.05) is 0 Å². The number of hydrogen-bond acceptors (Lipinski definition) is 5. The van der Waals surface area contributed by atoms with Crippen molar-refractivity contribution in [1.82, 2.24) is 14.9 Å². The van der Waals surface area contributed by atoms with Gasteiger partial charge in [0.05, 0.1) is 12.7 Å². The number of nitrogens with zero attached hydrogens (tertiary/aromatic N) is 3. The first kappa shape index (κ1) is 10.8. The molecule has 1 aromatic heterocycles. The first-order valence-electron chi connectivity index (χ1n) is 5.16. The minimum atomic E-state index is -0.180. The Labute approximate surface area is 93.4 Å². The summed E-state index contributed by atoms with van der Waals surface area (Å²) in [5.74, 6) is -0.00704. The molecule has 1 aliphatic heterocycles. The first-order valence-corrected chi connectivity index (χ1v) is 5.16. The molecule has 6 heteroatoms. The molecule has 0 aliphatic carbocycles. The molecule has 1 aliphatic rings. The largest absolute Gasteiger partial charge is 0.382 e. The molecule has 2 N–H and O–H groups in total. The Hall–Kier alpha value is -1.69. The Morgan fingerprint density at radius 1 is 1.56 bits per heavy atom. The van der Waals surface area contributed by atoms with Crippen molar-refractivity contribution in [2.24, 2.45) is 0 Å². The van der Waals surface area contributed by atoms with Crippen LogP contribution in [0.3, 0.4) is 0 Å². The topological polar surface area (TPSA) is 81.3 Å². The normalized spacial score (nSPS) is 20.8. The zero-order valence-electron chi connectivity index (χ0n) is 9.09. The predicted octanol–water partition coefficient (Wildman–Crippen LogP) is -0.0803. The van der Waals surface area contributed by atoms with Gasteiger partial charge in [0.1, 0.15) is 0 Å². The number of nitrogens with two attached hydrogens (primary N) is 1. The van der Waals surface area contributed by atoms with Crippen LogP contribution in [0.5, 0.6) is 0 Å². The number of morpholine rings is 1. The van der Waals surface area contributed by atoms with Crippen LogP contribution in [0.2, 0.25) is 0 Å². The van der Waals surface area contributed by atoms with Crippen molar-refractivity contribution in [2.75, 3.05) is 25.4 Å². The van der Waals surface area contributed by atoms with Crippen molar-refractivity contribution in [3.63, 3.8) is 0 Å². The van der Waals surface area contributed by atoms with E-state index in [0.29, 0.717) is 19.7 Å². The lowest BCUT2D eigenvalue weighted by atomic mass is 10.2. The fourth-order valence-corrected chi connectivity index (χ4v) is 1.67. The predicted molar refractivity (Wildman–Crippen MR) is 57.8 cm³/mol. The van der Waals surface area contributed by atoms with Crippen molar-refractivity contribution in [3.8, 4) is 0 Å². The van der Waals surface area contributed by atoms with Crippen LogP contribution in [0.1, 0.15) is 17.4 Å². The standard InChI is InChI=1S/C10H14N4O2/c1-7-6-14(4-5-16-7)10(15)8-9(11)13-3-2-12-8/h2-3,7H,4-6H2,1H3,(H2,11,13). The summed E-state index contributed by atoms with van der Waals surface area (Å²) < 4.78 is 5.36. The molecule has 0 bridgehead atoms. The van der Waals surface area contributed by atoms with Crippen LogP contribution in [0, 0.1) is 0 Å². The second kappa shape index (κ2) is 4.44. The number of carbonyl (C=O) groups excluding carboxylic acids is 1. The molecule has 86 valence electrons. The first-order chi connectivity index (χ1) is 7.68. The third kappa shape index (κ3) is 2.11. The van der Waals surface area contributed by atoms with E-state index >= 15 is 0 Å². The maximum Gasteiger partial charge on any atom is 0.276 e. The molecule has 6 nitrogen and oxygen atoms in total. The van der Waals surface area contributed by atoms with E-state index in [0.717, 1.165) is 0 Å². The van der Waals surface area contributed by atoms with Crippen LogP contribution >= 0.6 is 0 Å². The van der Waals surface area contributed by atoms with Crippen molar-refractivity contribution in [2.45, 2.75) is 13.0 Å². The van der Waals surface area contributed by atoms with Gasteiger partial charge in [-0.15, -0.1) is 0 Å². The van der Waals surface area contributed by atoms with Crippen LogP contribution < -0.4 is 5.73 Å². The van der Waals surface area contributed by atoms with Crippen molar-refractivity contribution in [1.29, 1.82) is 0 Å². The van der Waals surface area contributed by atoms with E-state index in [-0.39, 0.29) is 23.5 Å². The lowest BCUT2D eigenvalue weighted by Gasteiger charge is -2.30. The van der Waals surface area contributed by atoms with Crippen LogP contribution in [-0.4, -0.2) is 46.6 Å². The Balaban J connectivity index is 2.16. The number of carbonyl (C=O) groups is 1. The van der Waals surface area contributed by atoms with Crippen LogP contribution in [0.25, 0.3) is 0 Å². The number of aromatic nitrogens is 2. The molecule has 1 saturated heterocycles. The molecule has 2 rings (SSSR count). The van der Waals surface area contributed by atoms with E-state index in [1.54, 1.807) is 4.90 Å². The minimum absolute atomic E-state index is 0.0515. The van der Waals surface area contributed by atoms with Gasteiger partial charge in [0.15, 0.2) is 11.5 Å². The summed E-state index contributed by atoms with van der Waals surface area (Å²) in [4.78, 5) is 21.6. The molecular weight excluding hydrogens is 208 g/mol. The van der Waals surface area contributed by atoms with Gasteiger partial charge in [0.2, 0.25) is 0 Å². The molecule has 1 unspecified atom stereocenters. The Kier molecular flexibility index (Phi) is 3.00. The van der Waals surface area contributed by atoms with E-state index in [9.17, 15) is 4.79 Å². The zero-order chi connectivity index (χ0) is 11.5. The Morgan fingerprint density at radius 2 is 2.31 bits per heavy atom. The highest BCUT2D eigenvalue weighted by atomic mass is 16.5. The average Bonchev–Trinajstić information content (AvgIpc) is 2.29. The fraction of sp³-hybridized carbons (Fsp3) is 0.500. The fourth-order valence-electron chi connectivity index (χ4n) is 1.67. The van der Waals surface area contributed by atoms with Crippen molar-refractivity contribution in [3.05, 3.63) is 18.1 Å². The summed E-state index contributed by atoms with van der Waals surface area (Å²) in [5, 5.41) is 0. The quantitative estimate of drug-likeness (QED) is 0.718. The second-order valence-electron chi connectivity index (χ2n) is 3.72. The number of anilines is 1. The Bertz CT molecular complexity index is 396. The third-order valence-electron chi connectivity index (χ3n) is 2.46. The second-order valence-corrected chi connectivity index (χ2v) is 3.72. The average molecular weight is 222 g/mol. The molecular formula is C10H14N4O2. The highest BCUT2D eigenvalue weighted by Crippen LogP contribution is 2.11. The zero-order valence-corrected chi connectivity index (χ0v) is 9.09. The van der Waals surface area contributed by atoms with Crippen molar-refractivity contribution >= 4 is 11.7 Å². The number of nitrogen functional groups attached to an aromatic ring is 1. The molecule has 0 radical (unpaired) electrons. The third-order valence-corrected chi connectivity index (χ3v) is 2.46. The van der Waals surface area contributed by atoms with Gasteiger partial charge in [-0.3, -0.25) is 4.79 Å². The number of ether oxygens (including phenoxy) is 1. The van der Waals surface area contributed by atoms with Gasteiger partial charge >= 0.3 is 0 Å². The summed E-state index contributed by atoms with van der Waals surface area (Å²) in [6, 6.07) is 0. The number of amides is 1. The molecule has 1 fully saturated rings. The maximum absolute atomic E-state index is 12.1. The molecule has 0 spiro atoms. The molecule has 16 heavy (non-hydrogen) atoms. The molecule has 2 heterocycles. The number of hydrogen-bond donors (Lipinski definition) is 1. The van der Waals surface area contributed by atoms with E-state index < -0.39 is 0 Å². The summed E-state index contributed by atoms with van der Waals surface area (Å²) in [5.41, 5.74) is 5.83. The summed E-state index contributed by atoms with van der Waals surface area (Å²) in [6.45, 7) is 3.61. The molecule has 1 amide bonds. The monoisotopic (exact) mass is 222 g/mol. The van der Waals surface area contributed by atoms with Gasteiger partial charge in [-0.25, -0.2) is 9.97 Å². The summed E-state index contributed by atoms with van der Waals surface area (Å²) in [6.07, 6.45) is 2.98. The van der Waals surface area contributed by atoms with Gasteiger partial charge in [0.25, 0.3) is 5.91 Å². The van der Waals surface area contributed by atoms with Crippen LogP contribution in [0.4, 0.5) is 5.82 Å². The lowest BCUT2D eigenvalue weighted by molar-refractivity contribution is -0.0126. The Morgan fingerprint density at radius 3 is 3.00 bits per heavy atom. The van der Waals surface area contributed by atoms with Gasteiger partial charge in [-0.2, -0.15) is 0 Å². The van der Waals surface area contributed by atoms with E-state index in [4.69, 9.17) is 10.5 Å². The van der Waals surface area contributed by atoms with Gasteiger partial charge < -0.3 is 15.4 Å². The van der Waals surface area contributed by atoms with E-state index in [1.165, 1.54) is 12.4 Å². The molecule has 1 atom stereocenters. The lowest BCUT2D eigenvalue weighted by Crippen LogP contribution is -2.45. The summed E-state index contributed by atoms with van der Waals surface area (Å²) >= 11 is 0. The number of rotatable bonds is 1. The van der Waals surface area contributed by atoms with Gasteiger partial charge in [-0.05, 0) is 6.92 Å². The van der Waals surface area contributed by atoms with E-state index in [1.807, 2.05) is 6.92 Å². The molecule has 1 aromatic rings. The summed E-state index contributed by atoms with van der Waals surface area (Å²) in [7, 11) is 0. The molecule has 0 aromatic carbocycles. The van der Waals surface area contributed by atoms with Crippen molar-refractivity contribution < 1.29 is 9.53 Å². The highest BCUT2D eigenvalue weighted by molar-refractivity contribution is 5.96. The van der Waals surface area contributed by atoms with Gasteiger partial charge in [0, 0.05) is 25.5 Å². The maximum atomic E-state index is 12.1. The van der Waals surface area contributed by atoms with Crippen LogP contribution in [0.15, 0.2) is 12.4 Å². The minimum Gasteiger partial charge on any atom is -0.382 e. The van der Waals surface area contributed by atoms with Crippen LogP contribution in [-0.2, 0) is 4.74 Å². The highest BCUT2D eigenvalue weighted by Gasteiger charge is 2.24. The van der Waals surface area contributed by atoms with E-state index in [2.05, 4.69) is 9.97 Å². The molecule has 0 saturated carbocycles.